The predicted molar refractivity (Wildman–Crippen MR) is 58.8 cm³/mol. The summed E-state index contributed by atoms with van der Waals surface area (Å²) in [4.78, 5) is 19.5. The summed E-state index contributed by atoms with van der Waals surface area (Å²) in [6, 6.07) is 0. The SMILES string of the molecule is CCCNc1cncc(C(=O)NCC)n1. The molecule has 0 aliphatic carbocycles. The van der Waals surface area contributed by atoms with Crippen LogP contribution in [0.5, 0.6) is 0 Å². The minimum atomic E-state index is -0.190. The van der Waals surface area contributed by atoms with Gasteiger partial charge in [0.1, 0.15) is 11.5 Å². The molecule has 82 valence electrons. The number of hydrogen-bond donors (Lipinski definition) is 2. The van der Waals surface area contributed by atoms with E-state index in [2.05, 4.69) is 27.5 Å². The molecule has 0 saturated heterocycles. The number of nitrogens with zero attached hydrogens (tertiary/aromatic N) is 2. The van der Waals surface area contributed by atoms with E-state index < -0.39 is 0 Å². The zero-order chi connectivity index (χ0) is 11.1. The average molecular weight is 208 g/mol. The second-order valence-corrected chi connectivity index (χ2v) is 3.08. The summed E-state index contributed by atoms with van der Waals surface area (Å²) in [5.41, 5.74) is 0.345. The third-order valence-electron chi connectivity index (χ3n) is 1.76. The van der Waals surface area contributed by atoms with Crippen molar-refractivity contribution >= 4 is 11.7 Å². The van der Waals surface area contributed by atoms with Crippen molar-refractivity contribution in [3.05, 3.63) is 18.1 Å². The van der Waals surface area contributed by atoms with E-state index in [9.17, 15) is 4.79 Å². The number of rotatable bonds is 5. The number of nitrogens with one attached hydrogen (secondary N) is 2. The van der Waals surface area contributed by atoms with Crippen LogP contribution in [0.1, 0.15) is 30.8 Å². The number of amides is 1. The highest BCUT2D eigenvalue weighted by atomic mass is 16.1. The Balaban J connectivity index is 2.69. The van der Waals surface area contributed by atoms with Crippen molar-refractivity contribution in [2.75, 3.05) is 18.4 Å². The highest BCUT2D eigenvalue weighted by molar-refractivity contribution is 5.92. The van der Waals surface area contributed by atoms with Crippen molar-refractivity contribution in [2.24, 2.45) is 0 Å². The lowest BCUT2D eigenvalue weighted by atomic mass is 10.4. The van der Waals surface area contributed by atoms with Crippen molar-refractivity contribution in [1.82, 2.24) is 15.3 Å². The van der Waals surface area contributed by atoms with Gasteiger partial charge in [0, 0.05) is 13.1 Å². The first-order chi connectivity index (χ1) is 7.27. The molecule has 2 N–H and O–H groups in total. The van der Waals surface area contributed by atoms with E-state index in [0.717, 1.165) is 13.0 Å². The maximum Gasteiger partial charge on any atom is 0.271 e. The highest BCUT2D eigenvalue weighted by Crippen LogP contribution is 2.01. The summed E-state index contributed by atoms with van der Waals surface area (Å²) in [6.07, 6.45) is 4.08. The van der Waals surface area contributed by atoms with Crippen LogP contribution >= 0.6 is 0 Å². The molecular formula is C10H16N4O. The van der Waals surface area contributed by atoms with Crippen LogP contribution in [-0.4, -0.2) is 29.0 Å². The van der Waals surface area contributed by atoms with Crippen molar-refractivity contribution in [3.63, 3.8) is 0 Å². The summed E-state index contributed by atoms with van der Waals surface area (Å²) in [5, 5.41) is 5.75. The quantitative estimate of drug-likeness (QED) is 0.759. The molecule has 0 unspecified atom stereocenters. The van der Waals surface area contributed by atoms with Crippen LogP contribution in [-0.2, 0) is 0 Å². The molecule has 1 heterocycles. The molecule has 0 aliphatic heterocycles. The van der Waals surface area contributed by atoms with Gasteiger partial charge in [-0.25, -0.2) is 4.98 Å². The van der Waals surface area contributed by atoms with Crippen LogP contribution in [0.3, 0.4) is 0 Å². The highest BCUT2D eigenvalue weighted by Gasteiger charge is 2.06. The molecule has 0 spiro atoms. The van der Waals surface area contributed by atoms with Crippen LogP contribution in [0.2, 0.25) is 0 Å². The second kappa shape index (κ2) is 5.95. The fourth-order valence-corrected chi connectivity index (χ4v) is 1.06. The molecule has 0 aromatic carbocycles. The van der Waals surface area contributed by atoms with Gasteiger partial charge in [-0.3, -0.25) is 9.78 Å². The van der Waals surface area contributed by atoms with E-state index in [1.165, 1.54) is 6.20 Å². The minimum absolute atomic E-state index is 0.190. The molecule has 1 amide bonds. The molecule has 5 nitrogen and oxygen atoms in total. The first kappa shape index (κ1) is 11.4. The topological polar surface area (TPSA) is 66.9 Å². The summed E-state index contributed by atoms with van der Waals surface area (Å²) in [5.74, 6) is 0.450. The predicted octanol–water partition coefficient (Wildman–Crippen LogP) is 1.05. The van der Waals surface area contributed by atoms with Gasteiger partial charge in [-0.1, -0.05) is 6.92 Å². The Hall–Kier alpha value is -1.65. The Labute approximate surface area is 89.3 Å². The molecule has 0 bridgehead atoms. The molecule has 15 heavy (non-hydrogen) atoms. The minimum Gasteiger partial charge on any atom is -0.369 e. The smallest absolute Gasteiger partial charge is 0.271 e. The van der Waals surface area contributed by atoms with Crippen LogP contribution in [0, 0.1) is 0 Å². The van der Waals surface area contributed by atoms with Gasteiger partial charge in [0.05, 0.1) is 12.4 Å². The Morgan fingerprint density at radius 3 is 2.87 bits per heavy atom. The zero-order valence-corrected chi connectivity index (χ0v) is 9.08. The van der Waals surface area contributed by atoms with Gasteiger partial charge in [0.15, 0.2) is 0 Å². The first-order valence-electron chi connectivity index (χ1n) is 5.12. The molecule has 0 saturated carbocycles. The Morgan fingerprint density at radius 2 is 2.20 bits per heavy atom. The van der Waals surface area contributed by atoms with Crippen molar-refractivity contribution in [3.8, 4) is 0 Å². The number of carbonyl (C=O) groups is 1. The molecule has 1 aromatic heterocycles. The maximum atomic E-state index is 11.4. The monoisotopic (exact) mass is 208 g/mol. The summed E-state index contributed by atoms with van der Waals surface area (Å²) in [7, 11) is 0. The van der Waals surface area contributed by atoms with Crippen LogP contribution in [0.4, 0.5) is 5.82 Å². The largest absolute Gasteiger partial charge is 0.369 e. The second-order valence-electron chi connectivity index (χ2n) is 3.08. The molecular weight excluding hydrogens is 192 g/mol. The van der Waals surface area contributed by atoms with Gasteiger partial charge >= 0.3 is 0 Å². The zero-order valence-electron chi connectivity index (χ0n) is 9.08. The van der Waals surface area contributed by atoms with Crippen LogP contribution < -0.4 is 10.6 Å². The molecule has 0 radical (unpaired) electrons. The van der Waals surface area contributed by atoms with Gasteiger partial charge in [0.25, 0.3) is 5.91 Å². The van der Waals surface area contributed by atoms with Gasteiger partial charge < -0.3 is 10.6 Å². The van der Waals surface area contributed by atoms with Crippen molar-refractivity contribution in [1.29, 1.82) is 0 Å². The van der Waals surface area contributed by atoms with E-state index in [1.807, 2.05) is 6.92 Å². The van der Waals surface area contributed by atoms with E-state index in [0.29, 0.717) is 18.1 Å². The molecule has 0 atom stereocenters. The van der Waals surface area contributed by atoms with Crippen molar-refractivity contribution in [2.45, 2.75) is 20.3 Å². The standard InChI is InChI=1S/C10H16N4O/c1-3-5-13-9-7-11-6-8(14-9)10(15)12-4-2/h6-7H,3-5H2,1-2H3,(H,12,15)(H,13,14). The van der Waals surface area contributed by atoms with E-state index >= 15 is 0 Å². The number of anilines is 1. The third kappa shape index (κ3) is 3.53. The molecule has 1 aromatic rings. The average Bonchev–Trinajstić information content (AvgIpc) is 2.27. The van der Waals surface area contributed by atoms with Gasteiger partial charge in [0.2, 0.25) is 0 Å². The normalized spacial score (nSPS) is 9.73. The molecule has 5 heteroatoms. The fraction of sp³-hybridized carbons (Fsp3) is 0.500. The molecule has 0 aliphatic rings. The van der Waals surface area contributed by atoms with Gasteiger partial charge in [-0.2, -0.15) is 0 Å². The van der Waals surface area contributed by atoms with E-state index in [-0.39, 0.29) is 5.91 Å². The van der Waals surface area contributed by atoms with Crippen LogP contribution in [0.25, 0.3) is 0 Å². The Kier molecular flexibility index (Phi) is 4.53. The number of hydrogen-bond acceptors (Lipinski definition) is 4. The summed E-state index contributed by atoms with van der Waals surface area (Å²) >= 11 is 0. The molecule has 0 fully saturated rings. The van der Waals surface area contributed by atoms with Crippen LogP contribution in [0.15, 0.2) is 12.4 Å². The number of carbonyl (C=O) groups excluding carboxylic acids is 1. The van der Waals surface area contributed by atoms with Crippen molar-refractivity contribution < 1.29 is 4.79 Å². The van der Waals surface area contributed by atoms with E-state index in [1.54, 1.807) is 6.20 Å². The number of aromatic nitrogens is 2. The first-order valence-corrected chi connectivity index (χ1v) is 5.12. The summed E-state index contributed by atoms with van der Waals surface area (Å²) in [6.45, 7) is 5.35. The lowest BCUT2D eigenvalue weighted by molar-refractivity contribution is 0.0950. The van der Waals surface area contributed by atoms with Gasteiger partial charge in [-0.15, -0.1) is 0 Å². The third-order valence-corrected chi connectivity index (χ3v) is 1.76. The maximum absolute atomic E-state index is 11.4. The Morgan fingerprint density at radius 1 is 1.40 bits per heavy atom. The fourth-order valence-electron chi connectivity index (χ4n) is 1.06. The lowest BCUT2D eigenvalue weighted by Crippen LogP contribution is -2.24. The summed E-state index contributed by atoms with van der Waals surface area (Å²) < 4.78 is 0. The van der Waals surface area contributed by atoms with Gasteiger partial charge in [-0.05, 0) is 13.3 Å². The Bertz CT molecular complexity index is 327. The molecule has 1 rings (SSSR count). The lowest BCUT2D eigenvalue weighted by Gasteiger charge is -2.05. The van der Waals surface area contributed by atoms with E-state index in [4.69, 9.17) is 0 Å².